The number of urea groups is 1. The lowest BCUT2D eigenvalue weighted by molar-refractivity contribution is -0.129. The number of carbonyl (C=O) groups is 2. The first-order chi connectivity index (χ1) is 21.2. The first kappa shape index (κ1) is 31.0. The Kier molecular flexibility index (Phi) is 9.29. The molecule has 0 spiro atoms. The summed E-state index contributed by atoms with van der Waals surface area (Å²) in [5, 5.41) is 4.68. The van der Waals surface area contributed by atoms with Gasteiger partial charge in [-0.2, -0.15) is 0 Å². The van der Waals surface area contributed by atoms with Crippen LogP contribution in [0, 0.1) is 6.92 Å². The van der Waals surface area contributed by atoms with E-state index in [9.17, 15) is 9.59 Å². The average Bonchev–Trinajstić information content (AvgIpc) is 3.52. The van der Waals surface area contributed by atoms with E-state index < -0.39 is 4.75 Å². The molecule has 2 atom stereocenters. The summed E-state index contributed by atoms with van der Waals surface area (Å²) in [5.41, 5.74) is 4.34. The topological polar surface area (TPSA) is 71.7 Å². The summed E-state index contributed by atoms with van der Waals surface area (Å²) in [6, 6.07) is 22.6. The van der Waals surface area contributed by atoms with Gasteiger partial charge in [-0.05, 0) is 55.8 Å². The van der Waals surface area contributed by atoms with E-state index in [-0.39, 0.29) is 18.0 Å². The Hall–Kier alpha value is -2.98. The Morgan fingerprint density at radius 1 is 1.07 bits per heavy atom. The van der Waals surface area contributed by atoms with Crippen molar-refractivity contribution < 1.29 is 9.59 Å². The van der Waals surface area contributed by atoms with E-state index in [4.69, 9.17) is 11.6 Å². The molecule has 3 amide bonds. The summed E-state index contributed by atoms with van der Waals surface area (Å²) in [4.78, 5) is 37.8. The molecule has 2 aliphatic rings. The first-order valence-electron chi connectivity index (χ1n) is 15.1. The largest absolute Gasteiger partial charge is 0.361 e. The zero-order chi connectivity index (χ0) is 30.8. The summed E-state index contributed by atoms with van der Waals surface area (Å²) in [6.07, 6.45) is 2.47. The Morgan fingerprint density at radius 2 is 1.80 bits per heavy atom. The molecule has 0 aliphatic carbocycles. The van der Waals surface area contributed by atoms with Crippen molar-refractivity contribution in [2.24, 2.45) is 0 Å². The van der Waals surface area contributed by atoms with Crippen LogP contribution in [0.15, 0.2) is 82.3 Å². The zero-order valence-electron chi connectivity index (χ0n) is 25.0. The highest BCUT2D eigenvalue weighted by atomic mass is 79.9. The van der Waals surface area contributed by atoms with E-state index in [2.05, 4.69) is 91.6 Å². The summed E-state index contributed by atoms with van der Waals surface area (Å²) >= 11 is 11.7. The fraction of sp³-hybridized carbons (Fsp3) is 0.353. The van der Waals surface area contributed by atoms with Crippen molar-refractivity contribution in [3.05, 3.63) is 99.1 Å². The minimum absolute atomic E-state index is 0.0112. The molecule has 2 aliphatic heterocycles. The minimum atomic E-state index is -0.482. The third kappa shape index (κ3) is 6.52. The Bertz CT molecular complexity index is 1640. The minimum Gasteiger partial charge on any atom is -0.361 e. The van der Waals surface area contributed by atoms with Gasteiger partial charge in [0.05, 0.1) is 10.8 Å². The smallest absolute Gasteiger partial charge is 0.317 e. The van der Waals surface area contributed by atoms with Crippen molar-refractivity contribution in [3.63, 3.8) is 0 Å². The van der Waals surface area contributed by atoms with Crippen LogP contribution in [0.2, 0.25) is 5.02 Å². The van der Waals surface area contributed by atoms with Gasteiger partial charge in [0.25, 0.3) is 0 Å². The molecular formula is C34H37BrClN5O2S. The number of hydrogen-bond donors (Lipinski definition) is 2. The molecule has 0 saturated carbocycles. The van der Waals surface area contributed by atoms with Crippen molar-refractivity contribution in [2.75, 3.05) is 39.3 Å². The van der Waals surface area contributed by atoms with Crippen molar-refractivity contribution in [2.45, 2.75) is 42.5 Å². The van der Waals surface area contributed by atoms with Gasteiger partial charge in [0.15, 0.2) is 0 Å². The number of nitrogens with one attached hydrogen (secondary N) is 2. The van der Waals surface area contributed by atoms with E-state index >= 15 is 0 Å². The number of likely N-dealkylation sites (tertiary alicyclic amines) is 1. The number of aryl methyl sites for hydroxylation is 1. The maximum Gasteiger partial charge on any atom is 0.317 e. The van der Waals surface area contributed by atoms with Crippen LogP contribution in [0.25, 0.3) is 10.9 Å². The van der Waals surface area contributed by atoms with Crippen LogP contribution >= 0.6 is 39.3 Å². The van der Waals surface area contributed by atoms with Crippen LogP contribution < -0.4 is 5.32 Å². The predicted octanol–water partition coefficient (Wildman–Crippen LogP) is 7.24. The number of aromatic amines is 1. The van der Waals surface area contributed by atoms with E-state index in [1.165, 1.54) is 5.56 Å². The second-order valence-electron chi connectivity index (χ2n) is 11.7. The van der Waals surface area contributed by atoms with Gasteiger partial charge >= 0.3 is 6.03 Å². The van der Waals surface area contributed by atoms with Crippen molar-refractivity contribution in [3.8, 4) is 0 Å². The number of fused-ring (bicyclic) bond motifs is 1. The second-order valence-corrected chi connectivity index (χ2v) is 14.6. The Labute approximate surface area is 276 Å². The van der Waals surface area contributed by atoms with Gasteiger partial charge in [0, 0.05) is 89.3 Å². The quantitative estimate of drug-likeness (QED) is 0.204. The highest BCUT2D eigenvalue weighted by Gasteiger charge is 2.54. The molecule has 44 heavy (non-hydrogen) atoms. The van der Waals surface area contributed by atoms with Crippen molar-refractivity contribution in [1.29, 1.82) is 0 Å². The molecule has 2 unspecified atom stereocenters. The number of piperazine rings is 1. The third-order valence-corrected chi connectivity index (χ3v) is 10.8. The van der Waals surface area contributed by atoms with E-state index in [0.29, 0.717) is 44.2 Å². The van der Waals surface area contributed by atoms with E-state index in [1.54, 1.807) is 0 Å². The van der Waals surface area contributed by atoms with Crippen LogP contribution in [-0.4, -0.2) is 75.6 Å². The maximum absolute atomic E-state index is 14.2. The highest BCUT2D eigenvalue weighted by Crippen LogP contribution is 2.54. The number of rotatable bonds is 8. The number of amides is 3. The molecule has 0 bridgehead atoms. The van der Waals surface area contributed by atoms with Crippen LogP contribution in [0.4, 0.5) is 4.79 Å². The van der Waals surface area contributed by atoms with E-state index in [1.807, 2.05) is 47.9 Å². The van der Waals surface area contributed by atoms with Crippen LogP contribution in [0.5, 0.6) is 0 Å². The molecule has 3 heterocycles. The number of benzene rings is 3. The van der Waals surface area contributed by atoms with Gasteiger partial charge in [-0.3, -0.25) is 9.69 Å². The molecular weight excluding hydrogens is 658 g/mol. The molecule has 0 radical (unpaired) electrons. The molecule has 1 aromatic heterocycles. The summed E-state index contributed by atoms with van der Waals surface area (Å²) in [6.45, 7) is 8.69. The zero-order valence-corrected chi connectivity index (χ0v) is 28.1. The SMILES string of the molecule is CCNC(=O)N1CCN(CC2(Sc3ccc(C)cc3)CC(=O)N(Cc3ccc(Br)cc3)C2c2c[nH]c3cc(Cl)ccc23)CC1. The molecule has 10 heteroatoms. The van der Waals surface area contributed by atoms with Gasteiger partial charge < -0.3 is 20.1 Å². The van der Waals surface area contributed by atoms with Crippen molar-refractivity contribution in [1.82, 2.24) is 25.0 Å². The molecule has 7 nitrogen and oxygen atoms in total. The van der Waals surface area contributed by atoms with Gasteiger partial charge in [0.1, 0.15) is 0 Å². The lowest BCUT2D eigenvalue weighted by Crippen LogP contribution is -2.55. The average molecular weight is 695 g/mol. The lowest BCUT2D eigenvalue weighted by Gasteiger charge is -2.43. The first-order valence-corrected chi connectivity index (χ1v) is 17.0. The lowest BCUT2D eigenvalue weighted by atomic mass is 9.91. The number of carbonyl (C=O) groups excluding carboxylic acids is 2. The number of aromatic nitrogens is 1. The Balaban J connectivity index is 1.42. The third-order valence-electron chi connectivity index (χ3n) is 8.64. The number of hydrogen-bond acceptors (Lipinski definition) is 4. The van der Waals surface area contributed by atoms with Crippen LogP contribution in [-0.2, 0) is 11.3 Å². The summed E-state index contributed by atoms with van der Waals surface area (Å²) in [7, 11) is 0. The van der Waals surface area contributed by atoms with Crippen molar-refractivity contribution >= 4 is 62.1 Å². The monoisotopic (exact) mass is 693 g/mol. The maximum atomic E-state index is 14.2. The fourth-order valence-electron chi connectivity index (χ4n) is 6.50. The standard InChI is InChI=1S/C34H37BrClN5O2S/c1-3-37-33(43)40-16-14-39(15-17-40)22-34(44-27-11-4-23(2)5-12-27)19-31(42)41(21-24-6-8-25(35)9-7-24)32(34)29-20-38-30-18-26(36)10-13-28(29)30/h4-13,18,20,32,38H,3,14-17,19,21-22H2,1-2H3,(H,37,43). The Morgan fingerprint density at radius 3 is 2.50 bits per heavy atom. The van der Waals surface area contributed by atoms with Crippen LogP contribution in [0.3, 0.4) is 0 Å². The number of halogens is 2. The summed E-state index contributed by atoms with van der Waals surface area (Å²) in [5.74, 6) is 0.141. The molecule has 2 fully saturated rings. The van der Waals surface area contributed by atoms with Gasteiger partial charge in [-0.15, -0.1) is 11.8 Å². The highest BCUT2D eigenvalue weighted by molar-refractivity contribution is 9.10. The number of nitrogens with zero attached hydrogens (tertiary/aromatic N) is 3. The molecule has 2 saturated heterocycles. The summed E-state index contributed by atoms with van der Waals surface area (Å²) < 4.78 is 0.528. The van der Waals surface area contributed by atoms with Gasteiger partial charge in [-0.1, -0.05) is 63.4 Å². The van der Waals surface area contributed by atoms with Gasteiger partial charge in [0.2, 0.25) is 5.91 Å². The number of thioether (sulfide) groups is 1. The molecule has 6 rings (SSSR count). The molecule has 2 N–H and O–H groups in total. The normalized spacial score (nSPS) is 20.9. The predicted molar refractivity (Wildman–Crippen MR) is 182 cm³/mol. The van der Waals surface area contributed by atoms with E-state index in [0.717, 1.165) is 44.5 Å². The number of H-pyrrole nitrogens is 1. The molecule has 230 valence electrons. The second kappa shape index (κ2) is 13.2. The molecule has 3 aromatic carbocycles. The van der Waals surface area contributed by atoms with Crippen LogP contribution in [0.1, 0.15) is 36.1 Å². The van der Waals surface area contributed by atoms with Gasteiger partial charge in [-0.25, -0.2) is 4.79 Å². The molecule has 4 aromatic rings. The fourth-order valence-corrected chi connectivity index (χ4v) is 8.49.